The van der Waals surface area contributed by atoms with E-state index in [2.05, 4.69) is 26.1 Å². The Morgan fingerprint density at radius 2 is 1.79 bits per heavy atom. The monoisotopic (exact) mass is 343 g/mol. The van der Waals surface area contributed by atoms with E-state index in [4.69, 9.17) is 14.2 Å². The average Bonchev–Trinajstić information content (AvgIpc) is 2.85. The van der Waals surface area contributed by atoms with Gasteiger partial charge in [-0.3, -0.25) is 4.79 Å². The van der Waals surface area contributed by atoms with Crippen molar-refractivity contribution in [2.24, 2.45) is 11.8 Å². The molecule has 0 aromatic heterocycles. The molecule has 0 saturated carbocycles. The van der Waals surface area contributed by atoms with E-state index in [0.717, 1.165) is 13.0 Å². The lowest BCUT2D eigenvalue weighted by molar-refractivity contribution is -0.166. The minimum Gasteiger partial charge on any atom is -0.463 e. The van der Waals surface area contributed by atoms with Gasteiger partial charge >= 0.3 is 5.97 Å². The Kier molecular flexibility index (Phi) is 11.3. The Balaban J connectivity index is 2.18. The first-order valence-corrected chi connectivity index (χ1v) is 9.67. The first-order valence-electron chi connectivity index (χ1n) is 9.67. The molecule has 0 aromatic rings. The molecule has 1 aliphatic heterocycles. The maximum atomic E-state index is 11.6. The van der Waals surface area contributed by atoms with Crippen LogP contribution in [0.3, 0.4) is 0 Å². The number of rotatable bonds is 13. The number of carbonyl (C=O) groups excluding carboxylic acids is 1. The number of hydrogen-bond donors (Lipinski definition) is 1. The molecular formula is C19H37NO4. The molecule has 24 heavy (non-hydrogen) atoms. The van der Waals surface area contributed by atoms with Crippen LogP contribution < -0.4 is 5.32 Å². The standard InChI is InChI=1S/C19H37NO4/c1-5-6-7-8-9-10-13-22-19-16(3)15(2)17(24-19)14-23-18(21)11-12-20-4/h15-17,19-20H,5-14H2,1-4H3/t15-,16?,17?,19?/m1/s1. The molecule has 1 rings (SSSR count). The number of nitrogens with one attached hydrogen (secondary N) is 1. The van der Waals surface area contributed by atoms with Gasteiger partial charge in [-0.05, 0) is 19.4 Å². The predicted octanol–water partition coefficient (Wildman–Crippen LogP) is 3.51. The molecule has 0 aliphatic carbocycles. The summed E-state index contributed by atoms with van der Waals surface area (Å²) < 4.78 is 17.2. The van der Waals surface area contributed by atoms with Crippen LogP contribution in [0, 0.1) is 11.8 Å². The van der Waals surface area contributed by atoms with Gasteiger partial charge in [-0.25, -0.2) is 0 Å². The van der Waals surface area contributed by atoms with Crippen molar-refractivity contribution in [1.29, 1.82) is 0 Å². The summed E-state index contributed by atoms with van der Waals surface area (Å²) >= 11 is 0. The maximum absolute atomic E-state index is 11.6. The van der Waals surface area contributed by atoms with Crippen LogP contribution in [-0.4, -0.2) is 45.2 Å². The summed E-state index contributed by atoms with van der Waals surface area (Å²) in [5, 5.41) is 2.94. The molecule has 1 aliphatic rings. The fourth-order valence-corrected chi connectivity index (χ4v) is 2.94. The normalized spacial score (nSPS) is 26.7. The lowest BCUT2D eigenvalue weighted by atomic mass is 9.94. The summed E-state index contributed by atoms with van der Waals surface area (Å²) in [6.45, 7) is 8.25. The Hall–Kier alpha value is -0.650. The van der Waals surface area contributed by atoms with E-state index in [1.807, 2.05) is 7.05 Å². The Morgan fingerprint density at radius 1 is 1.08 bits per heavy atom. The Morgan fingerprint density at radius 3 is 2.50 bits per heavy atom. The molecule has 142 valence electrons. The predicted molar refractivity (Wildman–Crippen MR) is 95.8 cm³/mol. The van der Waals surface area contributed by atoms with E-state index < -0.39 is 0 Å². The summed E-state index contributed by atoms with van der Waals surface area (Å²) in [6.07, 6.45) is 7.70. The minimum absolute atomic E-state index is 0.0620. The van der Waals surface area contributed by atoms with Gasteiger partial charge in [0.1, 0.15) is 6.61 Å². The van der Waals surface area contributed by atoms with Crippen LogP contribution in [0.4, 0.5) is 0 Å². The highest BCUT2D eigenvalue weighted by Gasteiger charge is 2.40. The number of ether oxygens (including phenoxy) is 3. The van der Waals surface area contributed by atoms with E-state index in [1.54, 1.807) is 0 Å². The second-order valence-corrected chi connectivity index (χ2v) is 6.94. The molecule has 0 radical (unpaired) electrons. The van der Waals surface area contributed by atoms with Gasteiger partial charge in [0.05, 0.1) is 12.5 Å². The first kappa shape index (κ1) is 21.4. The van der Waals surface area contributed by atoms with Gasteiger partial charge in [0, 0.05) is 19.1 Å². The zero-order chi connectivity index (χ0) is 17.8. The van der Waals surface area contributed by atoms with Gasteiger partial charge in [-0.2, -0.15) is 0 Å². The number of carbonyl (C=O) groups is 1. The van der Waals surface area contributed by atoms with Gasteiger partial charge in [0.25, 0.3) is 0 Å². The van der Waals surface area contributed by atoms with Crippen LogP contribution in [0.1, 0.15) is 65.7 Å². The zero-order valence-electron chi connectivity index (χ0n) is 16.0. The third kappa shape index (κ3) is 7.95. The molecule has 5 nitrogen and oxygen atoms in total. The third-order valence-electron chi connectivity index (χ3n) is 4.92. The molecule has 1 fully saturated rings. The quantitative estimate of drug-likeness (QED) is 0.410. The van der Waals surface area contributed by atoms with Crippen LogP contribution in [0.5, 0.6) is 0 Å². The van der Waals surface area contributed by atoms with Gasteiger partial charge in [-0.1, -0.05) is 52.9 Å². The summed E-state index contributed by atoms with van der Waals surface area (Å²) in [5.74, 6) is 0.479. The van der Waals surface area contributed by atoms with Gasteiger partial charge in [-0.15, -0.1) is 0 Å². The van der Waals surface area contributed by atoms with Crippen LogP contribution in [0.15, 0.2) is 0 Å². The molecule has 0 spiro atoms. The highest BCUT2D eigenvalue weighted by Crippen LogP contribution is 2.33. The lowest BCUT2D eigenvalue weighted by Gasteiger charge is -2.16. The van der Waals surface area contributed by atoms with Crippen LogP contribution in [-0.2, 0) is 19.0 Å². The molecular weight excluding hydrogens is 306 g/mol. The highest BCUT2D eigenvalue weighted by atomic mass is 16.7. The molecule has 0 aromatic carbocycles. The molecule has 1 heterocycles. The van der Waals surface area contributed by atoms with Crippen molar-refractivity contribution in [2.75, 3.05) is 26.8 Å². The summed E-state index contributed by atoms with van der Waals surface area (Å²) in [7, 11) is 1.82. The van der Waals surface area contributed by atoms with Crippen molar-refractivity contribution >= 4 is 5.97 Å². The lowest BCUT2D eigenvalue weighted by Crippen LogP contribution is -2.25. The van der Waals surface area contributed by atoms with E-state index in [0.29, 0.717) is 31.4 Å². The average molecular weight is 344 g/mol. The van der Waals surface area contributed by atoms with Crippen molar-refractivity contribution in [3.8, 4) is 0 Å². The van der Waals surface area contributed by atoms with Crippen LogP contribution >= 0.6 is 0 Å². The van der Waals surface area contributed by atoms with E-state index in [9.17, 15) is 4.79 Å². The first-order chi connectivity index (χ1) is 11.6. The summed E-state index contributed by atoms with van der Waals surface area (Å²) in [5.41, 5.74) is 0. The molecule has 0 bridgehead atoms. The summed E-state index contributed by atoms with van der Waals surface area (Å²) in [6, 6.07) is 0. The van der Waals surface area contributed by atoms with Crippen molar-refractivity contribution < 1.29 is 19.0 Å². The fraction of sp³-hybridized carbons (Fsp3) is 0.947. The van der Waals surface area contributed by atoms with Crippen molar-refractivity contribution in [2.45, 2.75) is 78.1 Å². The van der Waals surface area contributed by atoms with Gasteiger partial charge in [0.15, 0.2) is 6.29 Å². The number of esters is 1. The minimum atomic E-state index is -0.177. The topological polar surface area (TPSA) is 56.8 Å². The zero-order valence-corrected chi connectivity index (χ0v) is 16.0. The smallest absolute Gasteiger partial charge is 0.307 e. The highest BCUT2D eigenvalue weighted by molar-refractivity contribution is 5.69. The molecule has 0 amide bonds. The second-order valence-electron chi connectivity index (χ2n) is 6.94. The molecule has 1 saturated heterocycles. The number of hydrogen-bond acceptors (Lipinski definition) is 5. The van der Waals surface area contributed by atoms with Crippen molar-refractivity contribution in [3.63, 3.8) is 0 Å². The van der Waals surface area contributed by atoms with E-state index in [1.165, 1.54) is 32.1 Å². The molecule has 5 heteroatoms. The second kappa shape index (κ2) is 12.7. The molecule has 4 atom stereocenters. The third-order valence-corrected chi connectivity index (χ3v) is 4.92. The van der Waals surface area contributed by atoms with Crippen molar-refractivity contribution in [3.05, 3.63) is 0 Å². The van der Waals surface area contributed by atoms with Gasteiger partial charge < -0.3 is 19.5 Å². The SMILES string of the molecule is CCCCCCCCOC1OC(COC(=O)CCNC)[C@H](C)C1C. The number of unbranched alkanes of at least 4 members (excludes halogenated alkanes) is 5. The van der Waals surface area contributed by atoms with Crippen LogP contribution in [0.2, 0.25) is 0 Å². The van der Waals surface area contributed by atoms with Crippen molar-refractivity contribution in [1.82, 2.24) is 5.32 Å². The largest absolute Gasteiger partial charge is 0.463 e. The fourth-order valence-electron chi connectivity index (χ4n) is 2.94. The molecule has 1 N–H and O–H groups in total. The Bertz CT molecular complexity index is 337. The summed E-state index contributed by atoms with van der Waals surface area (Å²) in [4.78, 5) is 11.6. The maximum Gasteiger partial charge on any atom is 0.307 e. The van der Waals surface area contributed by atoms with E-state index in [-0.39, 0.29) is 18.4 Å². The Labute approximate surface area is 147 Å². The van der Waals surface area contributed by atoms with Gasteiger partial charge in [0.2, 0.25) is 0 Å². The van der Waals surface area contributed by atoms with Crippen LogP contribution in [0.25, 0.3) is 0 Å². The van der Waals surface area contributed by atoms with E-state index >= 15 is 0 Å². The molecule has 3 unspecified atom stereocenters.